The molecule has 24 heavy (non-hydrogen) atoms. The molecule has 3 heterocycles. The molecule has 3 aromatic rings. The second-order valence-corrected chi connectivity index (χ2v) is 5.78. The predicted molar refractivity (Wildman–Crippen MR) is 92.8 cm³/mol. The second kappa shape index (κ2) is 5.53. The molecule has 0 saturated heterocycles. The minimum absolute atomic E-state index is 0.703. The number of nitrogens with zero attached hydrogens (tertiary/aromatic N) is 3. The molecule has 0 bridgehead atoms. The van der Waals surface area contributed by atoms with E-state index in [1.165, 1.54) is 0 Å². The highest BCUT2D eigenvalue weighted by Gasteiger charge is 2.30. The van der Waals surface area contributed by atoms with Crippen molar-refractivity contribution in [1.29, 1.82) is 0 Å². The number of pyridine rings is 2. The summed E-state index contributed by atoms with van der Waals surface area (Å²) in [5.41, 5.74) is 2.95. The molecule has 1 aromatic carbocycles. The number of aryl methyl sites for hydroxylation is 2. The van der Waals surface area contributed by atoms with Gasteiger partial charge in [0.05, 0.1) is 12.8 Å². The molecule has 0 N–H and O–H groups in total. The van der Waals surface area contributed by atoms with Crippen molar-refractivity contribution < 1.29 is 9.47 Å². The topological polar surface area (TPSA) is 47.5 Å². The number of para-hydroxylation sites is 2. The number of anilines is 3. The molecule has 4 rings (SSSR count). The average Bonchev–Trinajstić information content (AvgIpc) is 2.59. The van der Waals surface area contributed by atoms with Gasteiger partial charge >= 0.3 is 0 Å². The highest BCUT2D eigenvalue weighted by Crippen LogP contribution is 2.50. The van der Waals surface area contributed by atoms with Gasteiger partial charge in [-0.1, -0.05) is 12.1 Å². The van der Waals surface area contributed by atoms with Gasteiger partial charge in [-0.3, -0.25) is 4.90 Å². The maximum atomic E-state index is 6.06. The first-order valence-electron chi connectivity index (χ1n) is 7.71. The molecule has 1 aliphatic rings. The lowest BCUT2D eigenvalue weighted by Gasteiger charge is -2.31. The summed E-state index contributed by atoms with van der Waals surface area (Å²) >= 11 is 0. The first-order valence-corrected chi connectivity index (χ1v) is 7.71. The van der Waals surface area contributed by atoms with E-state index in [2.05, 4.69) is 9.97 Å². The van der Waals surface area contributed by atoms with Gasteiger partial charge in [0.2, 0.25) is 0 Å². The van der Waals surface area contributed by atoms with Crippen LogP contribution in [0, 0.1) is 13.8 Å². The van der Waals surface area contributed by atoms with E-state index in [-0.39, 0.29) is 0 Å². The van der Waals surface area contributed by atoms with Crippen LogP contribution in [0.3, 0.4) is 0 Å². The van der Waals surface area contributed by atoms with Gasteiger partial charge in [0.1, 0.15) is 5.75 Å². The van der Waals surface area contributed by atoms with Crippen LogP contribution in [0.2, 0.25) is 0 Å². The van der Waals surface area contributed by atoms with E-state index >= 15 is 0 Å². The van der Waals surface area contributed by atoms with Crippen molar-refractivity contribution in [2.45, 2.75) is 13.8 Å². The third kappa shape index (κ3) is 2.25. The molecule has 5 nitrogen and oxygen atoms in total. The van der Waals surface area contributed by atoms with Crippen molar-refractivity contribution in [2.24, 2.45) is 0 Å². The molecule has 0 fully saturated rings. The quantitative estimate of drug-likeness (QED) is 0.537. The first kappa shape index (κ1) is 14.5. The van der Waals surface area contributed by atoms with Crippen LogP contribution in [0.1, 0.15) is 11.1 Å². The molecule has 0 radical (unpaired) electrons. The molecule has 0 amide bonds. The monoisotopic (exact) mass is 319 g/mol. The van der Waals surface area contributed by atoms with E-state index in [1.54, 1.807) is 7.11 Å². The molecule has 5 heteroatoms. The largest absolute Gasteiger partial charge is 0.495 e. The van der Waals surface area contributed by atoms with Crippen LogP contribution in [-0.2, 0) is 0 Å². The van der Waals surface area contributed by atoms with Crippen LogP contribution in [0.25, 0.3) is 0 Å². The lowest BCUT2D eigenvalue weighted by molar-refractivity contribution is 0.415. The van der Waals surface area contributed by atoms with Crippen molar-refractivity contribution in [2.75, 3.05) is 12.0 Å². The number of hydrogen-bond donors (Lipinski definition) is 0. The molecule has 1 aliphatic heterocycles. The fraction of sp³-hybridized carbons (Fsp3) is 0.158. The lowest BCUT2D eigenvalue weighted by Crippen LogP contribution is -2.19. The molecule has 0 aliphatic carbocycles. The van der Waals surface area contributed by atoms with Crippen molar-refractivity contribution in [3.05, 3.63) is 59.9 Å². The van der Waals surface area contributed by atoms with Crippen molar-refractivity contribution in [3.8, 4) is 17.2 Å². The highest BCUT2D eigenvalue weighted by molar-refractivity contribution is 5.84. The molecular weight excluding hydrogens is 302 g/mol. The summed E-state index contributed by atoms with van der Waals surface area (Å²) in [7, 11) is 1.66. The summed E-state index contributed by atoms with van der Waals surface area (Å²) in [5, 5.41) is 0. The second-order valence-electron chi connectivity index (χ2n) is 5.78. The summed E-state index contributed by atoms with van der Waals surface area (Å²) in [6, 6.07) is 11.8. The zero-order valence-corrected chi connectivity index (χ0v) is 13.8. The van der Waals surface area contributed by atoms with Gasteiger partial charge in [0.15, 0.2) is 23.1 Å². The summed E-state index contributed by atoms with van der Waals surface area (Å²) < 4.78 is 11.6. The number of rotatable bonds is 2. The van der Waals surface area contributed by atoms with E-state index in [1.807, 2.05) is 67.5 Å². The van der Waals surface area contributed by atoms with Crippen molar-refractivity contribution in [3.63, 3.8) is 0 Å². The van der Waals surface area contributed by atoms with Gasteiger partial charge in [-0.15, -0.1) is 0 Å². The predicted octanol–water partition coefficient (Wildman–Crippen LogP) is 4.68. The number of fused-ring (bicyclic) bond motifs is 2. The van der Waals surface area contributed by atoms with Crippen LogP contribution >= 0.6 is 0 Å². The Morgan fingerprint density at radius 1 is 0.917 bits per heavy atom. The van der Waals surface area contributed by atoms with Gasteiger partial charge in [-0.25, -0.2) is 9.97 Å². The van der Waals surface area contributed by atoms with E-state index in [0.717, 1.165) is 22.6 Å². The van der Waals surface area contributed by atoms with E-state index < -0.39 is 0 Å². The molecule has 0 spiro atoms. The summed E-state index contributed by atoms with van der Waals surface area (Å²) in [6.45, 7) is 3.99. The first-order chi connectivity index (χ1) is 11.7. The molecule has 0 unspecified atom stereocenters. The number of methoxy groups -OCH3 is 1. The standard InChI is InChI=1S/C19H17N3O2/c1-12-8-16-18(20-10-12)22(14-6-4-5-7-15(14)23-3)19-17(24-16)9-13(2)11-21-19/h4-11H,1-3H3. The van der Waals surface area contributed by atoms with Crippen LogP contribution in [0.4, 0.5) is 17.3 Å². The SMILES string of the molecule is COc1ccccc1N1c2ncc(C)cc2Oc2cc(C)cnc21. The fourth-order valence-electron chi connectivity index (χ4n) is 2.82. The van der Waals surface area contributed by atoms with E-state index in [4.69, 9.17) is 9.47 Å². The normalized spacial score (nSPS) is 12.2. The third-order valence-corrected chi connectivity index (χ3v) is 3.91. The van der Waals surface area contributed by atoms with Crippen LogP contribution < -0.4 is 14.4 Å². The average molecular weight is 319 g/mol. The third-order valence-electron chi connectivity index (χ3n) is 3.91. The van der Waals surface area contributed by atoms with Crippen LogP contribution in [0.5, 0.6) is 17.2 Å². The van der Waals surface area contributed by atoms with Gasteiger partial charge in [-0.2, -0.15) is 0 Å². The lowest BCUT2D eigenvalue weighted by atomic mass is 10.2. The molecule has 0 saturated carbocycles. The zero-order chi connectivity index (χ0) is 16.7. The number of benzene rings is 1. The maximum Gasteiger partial charge on any atom is 0.182 e. The number of hydrogen-bond acceptors (Lipinski definition) is 5. The van der Waals surface area contributed by atoms with E-state index in [9.17, 15) is 0 Å². The minimum atomic E-state index is 0.703. The van der Waals surface area contributed by atoms with Crippen LogP contribution in [0.15, 0.2) is 48.8 Å². The van der Waals surface area contributed by atoms with Gasteiger partial charge in [-0.05, 0) is 49.2 Å². The number of aromatic nitrogens is 2. The smallest absolute Gasteiger partial charge is 0.182 e. The summed E-state index contributed by atoms with van der Waals surface area (Å²) in [4.78, 5) is 11.1. The summed E-state index contributed by atoms with van der Waals surface area (Å²) in [6.07, 6.45) is 3.65. The molecular formula is C19H17N3O2. The maximum absolute atomic E-state index is 6.06. The Morgan fingerprint density at radius 2 is 1.50 bits per heavy atom. The van der Waals surface area contributed by atoms with Gasteiger partial charge in [0, 0.05) is 12.4 Å². The Kier molecular flexibility index (Phi) is 3.34. The van der Waals surface area contributed by atoms with Crippen molar-refractivity contribution in [1.82, 2.24) is 9.97 Å². The zero-order valence-electron chi connectivity index (χ0n) is 13.8. The summed E-state index contributed by atoms with van der Waals surface area (Å²) in [5.74, 6) is 3.57. The number of ether oxygens (including phenoxy) is 2. The fourth-order valence-corrected chi connectivity index (χ4v) is 2.82. The Hall–Kier alpha value is -3.08. The Labute approximate surface area is 140 Å². The van der Waals surface area contributed by atoms with Crippen LogP contribution in [-0.4, -0.2) is 17.1 Å². The molecule has 2 aromatic heterocycles. The van der Waals surface area contributed by atoms with E-state index in [0.29, 0.717) is 23.1 Å². The molecule has 0 atom stereocenters. The van der Waals surface area contributed by atoms with Gasteiger partial charge in [0.25, 0.3) is 0 Å². The Bertz CT molecular complexity index is 873. The molecule has 120 valence electrons. The highest BCUT2D eigenvalue weighted by atomic mass is 16.5. The minimum Gasteiger partial charge on any atom is -0.495 e. The Balaban J connectivity index is 1.99. The Morgan fingerprint density at radius 3 is 2.08 bits per heavy atom. The van der Waals surface area contributed by atoms with Crippen molar-refractivity contribution >= 4 is 17.3 Å². The van der Waals surface area contributed by atoms with Gasteiger partial charge < -0.3 is 9.47 Å².